The number of carbonyl (C=O) groups is 3. The first kappa shape index (κ1) is 18.0. The molecule has 0 atom stereocenters. The van der Waals surface area contributed by atoms with Gasteiger partial charge in [-0.25, -0.2) is 4.79 Å². The number of hydrogen-bond donors (Lipinski definition) is 1. The third kappa shape index (κ3) is 5.73. The molecular formula is C15H18ClNO5. The molecule has 0 heterocycles. The van der Waals surface area contributed by atoms with Crippen LogP contribution in [0.15, 0.2) is 18.2 Å². The van der Waals surface area contributed by atoms with Crippen LogP contribution in [-0.2, 0) is 14.3 Å². The molecule has 7 heteroatoms. The first-order valence-electron chi connectivity index (χ1n) is 6.52. The maximum Gasteiger partial charge on any atom is 0.412 e. The van der Waals surface area contributed by atoms with E-state index in [1.54, 1.807) is 20.8 Å². The molecule has 0 aliphatic heterocycles. The highest BCUT2D eigenvalue weighted by Crippen LogP contribution is 2.23. The summed E-state index contributed by atoms with van der Waals surface area (Å²) in [7, 11) is 1.19. The molecule has 0 bridgehead atoms. The van der Waals surface area contributed by atoms with Crippen molar-refractivity contribution in [3.63, 3.8) is 0 Å². The van der Waals surface area contributed by atoms with E-state index in [0.29, 0.717) is 5.02 Å². The second kappa shape index (κ2) is 7.26. The molecular weight excluding hydrogens is 310 g/mol. The van der Waals surface area contributed by atoms with Gasteiger partial charge < -0.3 is 9.47 Å². The van der Waals surface area contributed by atoms with E-state index in [-0.39, 0.29) is 11.3 Å². The average Bonchev–Trinajstić information content (AvgIpc) is 2.36. The molecule has 0 saturated heterocycles. The van der Waals surface area contributed by atoms with Gasteiger partial charge in [0.1, 0.15) is 12.0 Å². The third-order valence-electron chi connectivity index (χ3n) is 2.45. The summed E-state index contributed by atoms with van der Waals surface area (Å²) in [6, 6.07) is 4.34. The Bertz CT molecular complexity index is 592. The number of anilines is 1. The molecule has 1 N–H and O–H groups in total. The minimum Gasteiger partial charge on any atom is -0.469 e. The molecule has 0 radical (unpaired) electrons. The summed E-state index contributed by atoms with van der Waals surface area (Å²) in [5.74, 6) is -1.15. The average molecular weight is 328 g/mol. The summed E-state index contributed by atoms with van der Waals surface area (Å²) >= 11 is 5.88. The lowest BCUT2D eigenvalue weighted by atomic mass is 10.1. The molecule has 0 aromatic heterocycles. The molecule has 0 spiro atoms. The van der Waals surface area contributed by atoms with Crippen molar-refractivity contribution in [3.05, 3.63) is 28.8 Å². The standard InChI is InChI=1S/C15H18ClNO5/c1-15(2,3)22-14(20)17-11-7-9(16)5-6-10(11)12(18)8-13(19)21-4/h5-7H,8H2,1-4H3,(H,17,20). The fraction of sp³-hybridized carbons (Fsp3) is 0.400. The van der Waals surface area contributed by atoms with Gasteiger partial charge in [-0.2, -0.15) is 0 Å². The quantitative estimate of drug-likeness (QED) is 0.520. The van der Waals surface area contributed by atoms with Crippen molar-refractivity contribution in [2.24, 2.45) is 0 Å². The molecule has 0 aliphatic rings. The van der Waals surface area contributed by atoms with Crippen LogP contribution in [0.5, 0.6) is 0 Å². The van der Waals surface area contributed by atoms with Crippen LogP contribution in [0, 0.1) is 0 Å². The first-order chi connectivity index (χ1) is 10.1. The van der Waals surface area contributed by atoms with Crippen molar-refractivity contribution in [2.75, 3.05) is 12.4 Å². The van der Waals surface area contributed by atoms with Crippen molar-refractivity contribution in [2.45, 2.75) is 32.8 Å². The number of carbonyl (C=O) groups excluding carboxylic acids is 3. The predicted octanol–water partition coefficient (Wildman–Crippen LogP) is 3.43. The summed E-state index contributed by atoms with van der Waals surface area (Å²) in [4.78, 5) is 35.1. The van der Waals surface area contributed by atoms with Gasteiger partial charge in [0.25, 0.3) is 0 Å². The maximum absolute atomic E-state index is 12.1. The Morgan fingerprint density at radius 2 is 1.86 bits per heavy atom. The number of benzene rings is 1. The highest BCUT2D eigenvalue weighted by Gasteiger charge is 2.20. The number of Topliss-reactive ketones (excluding diaryl/α,β-unsaturated/α-hetero) is 1. The van der Waals surface area contributed by atoms with Crippen LogP contribution in [0.3, 0.4) is 0 Å². The van der Waals surface area contributed by atoms with Crippen molar-refractivity contribution in [1.82, 2.24) is 0 Å². The van der Waals surface area contributed by atoms with E-state index in [9.17, 15) is 14.4 Å². The second-order valence-electron chi connectivity index (χ2n) is 5.49. The molecule has 1 aromatic rings. The van der Waals surface area contributed by atoms with Gasteiger partial charge >= 0.3 is 12.1 Å². The van der Waals surface area contributed by atoms with Crippen LogP contribution in [0.2, 0.25) is 5.02 Å². The van der Waals surface area contributed by atoms with Gasteiger partial charge in [-0.15, -0.1) is 0 Å². The lowest BCUT2D eigenvalue weighted by molar-refractivity contribution is -0.139. The van der Waals surface area contributed by atoms with Gasteiger partial charge in [0.15, 0.2) is 5.78 Å². The second-order valence-corrected chi connectivity index (χ2v) is 5.93. The third-order valence-corrected chi connectivity index (χ3v) is 2.69. The molecule has 1 rings (SSSR count). The van der Waals surface area contributed by atoms with Gasteiger partial charge in [-0.05, 0) is 39.0 Å². The number of methoxy groups -OCH3 is 1. The Labute approximate surface area is 133 Å². The zero-order valence-corrected chi connectivity index (χ0v) is 13.6. The normalized spacial score (nSPS) is 10.8. The molecule has 22 heavy (non-hydrogen) atoms. The number of ketones is 1. The Balaban J connectivity index is 2.98. The fourth-order valence-electron chi connectivity index (χ4n) is 1.58. The number of hydrogen-bond acceptors (Lipinski definition) is 5. The highest BCUT2D eigenvalue weighted by molar-refractivity contribution is 6.31. The molecule has 0 fully saturated rings. The van der Waals surface area contributed by atoms with Crippen molar-refractivity contribution in [3.8, 4) is 0 Å². The predicted molar refractivity (Wildman–Crippen MR) is 82.3 cm³/mol. The summed E-state index contributed by atoms with van der Waals surface area (Å²) in [5.41, 5.74) is -0.352. The topological polar surface area (TPSA) is 81.7 Å². The Hall–Kier alpha value is -2.08. The number of nitrogens with one attached hydrogen (secondary N) is 1. The summed E-state index contributed by atoms with van der Waals surface area (Å²) < 4.78 is 9.58. The van der Waals surface area contributed by atoms with Crippen LogP contribution in [0.1, 0.15) is 37.6 Å². The van der Waals surface area contributed by atoms with Crippen LogP contribution in [0.25, 0.3) is 0 Å². The summed E-state index contributed by atoms with van der Waals surface area (Å²) in [6.07, 6.45) is -1.15. The highest BCUT2D eigenvalue weighted by atomic mass is 35.5. The number of esters is 1. The molecule has 120 valence electrons. The van der Waals surface area contributed by atoms with Crippen LogP contribution in [0.4, 0.5) is 10.5 Å². The van der Waals surface area contributed by atoms with Crippen molar-refractivity contribution >= 4 is 35.1 Å². The Kier molecular flexibility index (Phi) is 5.93. The molecule has 0 aliphatic carbocycles. The zero-order chi connectivity index (χ0) is 16.9. The van der Waals surface area contributed by atoms with Gasteiger partial charge in [0.2, 0.25) is 0 Å². The van der Waals surface area contributed by atoms with Gasteiger partial charge in [0.05, 0.1) is 12.8 Å². The molecule has 0 saturated carbocycles. The SMILES string of the molecule is COC(=O)CC(=O)c1ccc(Cl)cc1NC(=O)OC(C)(C)C. The van der Waals surface area contributed by atoms with E-state index in [0.717, 1.165) is 0 Å². The van der Waals surface area contributed by atoms with Gasteiger partial charge in [-0.3, -0.25) is 14.9 Å². The van der Waals surface area contributed by atoms with Crippen LogP contribution in [-0.4, -0.2) is 30.6 Å². The van der Waals surface area contributed by atoms with E-state index in [4.69, 9.17) is 16.3 Å². The number of amides is 1. The van der Waals surface area contributed by atoms with Crippen LogP contribution < -0.4 is 5.32 Å². The van der Waals surface area contributed by atoms with E-state index in [1.165, 1.54) is 25.3 Å². The number of rotatable bonds is 4. The lowest BCUT2D eigenvalue weighted by Gasteiger charge is -2.20. The van der Waals surface area contributed by atoms with Gasteiger partial charge in [-0.1, -0.05) is 11.6 Å². The largest absolute Gasteiger partial charge is 0.469 e. The van der Waals surface area contributed by atoms with Crippen molar-refractivity contribution < 1.29 is 23.9 Å². The van der Waals surface area contributed by atoms with Crippen molar-refractivity contribution in [1.29, 1.82) is 0 Å². The molecule has 6 nitrogen and oxygen atoms in total. The number of ether oxygens (including phenoxy) is 2. The molecule has 1 amide bonds. The molecule has 1 aromatic carbocycles. The van der Waals surface area contributed by atoms with E-state index >= 15 is 0 Å². The summed E-state index contributed by atoms with van der Waals surface area (Å²) in [5, 5.41) is 2.80. The van der Waals surface area contributed by atoms with E-state index in [1.807, 2.05) is 0 Å². The summed E-state index contributed by atoms with van der Waals surface area (Å²) in [6.45, 7) is 5.15. The first-order valence-corrected chi connectivity index (χ1v) is 6.90. The molecule has 0 unspecified atom stereocenters. The van der Waals surface area contributed by atoms with E-state index in [2.05, 4.69) is 10.1 Å². The van der Waals surface area contributed by atoms with Gasteiger partial charge in [0, 0.05) is 10.6 Å². The van der Waals surface area contributed by atoms with Crippen LogP contribution >= 0.6 is 11.6 Å². The zero-order valence-electron chi connectivity index (χ0n) is 12.9. The number of halogens is 1. The minimum atomic E-state index is -0.720. The fourth-order valence-corrected chi connectivity index (χ4v) is 1.75. The lowest BCUT2D eigenvalue weighted by Crippen LogP contribution is -2.27. The van der Waals surface area contributed by atoms with E-state index < -0.39 is 29.9 Å². The maximum atomic E-state index is 12.1. The smallest absolute Gasteiger partial charge is 0.412 e. The minimum absolute atomic E-state index is 0.153. The monoisotopic (exact) mass is 327 g/mol. The Morgan fingerprint density at radius 1 is 1.23 bits per heavy atom. The Morgan fingerprint density at radius 3 is 2.41 bits per heavy atom.